The molecule has 0 fully saturated rings. The van der Waals surface area contributed by atoms with Crippen molar-refractivity contribution in [3.05, 3.63) is 217 Å². The van der Waals surface area contributed by atoms with Gasteiger partial charge in [-0.25, -0.2) is 0 Å². The van der Waals surface area contributed by atoms with Crippen molar-refractivity contribution < 1.29 is 4.57 Å². The molecule has 0 N–H and O–H groups in total. The topological polar surface area (TPSA) is 22.0 Å². The lowest BCUT2D eigenvalue weighted by Gasteiger charge is -2.22. The second kappa shape index (κ2) is 12.9. The van der Waals surface area contributed by atoms with E-state index in [1.54, 1.807) is 0 Å². The highest BCUT2D eigenvalue weighted by atomic mass is 31.2. The molecule has 62 heavy (non-hydrogen) atoms. The Morgan fingerprint density at radius 2 is 0.823 bits per heavy atom. The summed E-state index contributed by atoms with van der Waals surface area (Å²) in [6, 6.07) is 74.3. The zero-order chi connectivity index (χ0) is 41.3. The van der Waals surface area contributed by atoms with Gasteiger partial charge in [-0.05, 0) is 137 Å². The Kier molecular flexibility index (Phi) is 7.38. The average Bonchev–Trinajstić information content (AvgIpc) is 3.76. The summed E-state index contributed by atoms with van der Waals surface area (Å²) < 4.78 is 18.7. The maximum atomic E-state index is 16.2. The number of fused-ring (bicyclic) bond motifs is 14. The molecule has 1 heterocycles. The third-order valence-electron chi connectivity index (χ3n) is 14.0. The molecule has 0 unspecified atom stereocenters. The molecule has 1 aliphatic rings. The van der Waals surface area contributed by atoms with Crippen LogP contribution in [-0.4, -0.2) is 4.57 Å². The van der Waals surface area contributed by atoms with Crippen LogP contribution in [0, 0.1) is 0 Å². The molecular formula is C59H40NOP. The van der Waals surface area contributed by atoms with E-state index in [0.717, 1.165) is 48.7 Å². The molecule has 11 aromatic carbocycles. The third kappa shape index (κ3) is 4.90. The van der Waals surface area contributed by atoms with Gasteiger partial charge in [0.1, 0.15) is 0 Å². The summed E-state index contributed by atoms with van der Waals surface area (Å²) in [5.74, 6) is 0. The van der Waals surface area contributed by atoms with E-state index in [1.165, 1.54) is 70.9 Å². The third-order valence-corrected chi connectivity index (χ3v) is 17.0. The smallest absolute Gasteiger partial charge is 0.171 e. The molecule has 2 nitrogen and oxygen atoms in total. The maximum absolute atomic E-state index is 16.2. The van der Waals surface area contributed by atoms with Gasteiger partial charge in [-0.15, -0.1) is 0 Å². The van der Waals surface area contributed by atoms with E-state index in [1.807, 2.05) is 0 Å². The van der Waals surface area contributed by atoms with E-state index in [4.69, 9.17) is 0 Å². The van der Waals surface area contributed by atoms with E-state index < -0.39 is 7.14 Å². The van der Waals surface area contributed by atoms with Crippen LogP contribution in [0.15, 0.2) is 206 Å². The first-order valence-corrected chi connectivity index (χ1v) is 23.2. The molecule has 12 aromatic rings. The van der Waals surface area contributed by atoms with Crippen molar-refractivity contribution in [2.45, 2.75) is 19.3 Å². The van der Waals surface area contributed by atoms with Crippen molar-refractivity contribution in [1.29, 1.82) is 0 Å². The molecule has 13 rings (SSSR count). The highest BCUT2D eigenvalue weighted by Crippen LogP contribution is 2.52. The Hall–Kier alpha value is -7.25. The molecule has 0 aliphatic heterocycles. The van der Waals surface area contributed by atoms with Crippen molar-refractivity contribution in [1.82, 2.24) is 4.57 Å². The van der Waals surface area contributed by atoms with Crippen LogP contribution in [0.4, 0.5) is 0 Å². The number of aromatic nitrogens is 1. The van der Waals surface area contributed by atoms with E-state index >= 15 is 4.57 Å². The lowest BCUT2D eigenvalue weighted by Crippen LogP contribution is -2.25. The molecular weight excluding hydrogens is 770 g/mol. The van der Waals surface area contributed by atoms with Crippen LogP contribution < -0.4 is 15.9 Å². The van der Waals surface area contributed by atoms with Crippen LogP contribution in [0.3, 0.4) is 0 Å². The number of benzene rings is 11. The van der Waals surface area contributed by atoms with E-state index in [2.05, 4.69) is 225 Å². The second-order valence-corrected chi connectivity index (χ2v) is 20.4. The highest BCUT2D eigenvalue weighted by Gasteiger charge is 2.36. The van der Waals surface area contributed by atoms with Gasteiger partial charge in [0, 0.05) is 37.8 Å². The molecule has 0 amide bonds. The zero-order valence-corrected chi connectivity index (χ0v) is 35.3. The van der Waals surface area contributed by atoms with Crippen LogP contribution >= 0.6 is 7.14 Å². The molecule has 0 spiro atoms. The van der Waals surface area contributed by atoms with Gasteiger partial charge in [-0.2, -0.15) is 0 Å². The predicted molar refractivity (Wildman–Crippen MR) is 265 cm³/mol. The molecule has 0 bridgehead atoms. The van der Waals surface area contributed by atoms with Crippen LogP contribution in [0.25, 0.3) is 92.5 Å². The summed E-state index contributed by atoms with van der Waals surface area (Å²) in [7, 11) is -3.33. The van der Waals surface area contributed by atoms with E-state index in [-0.39, 0.29) is 5.41 Å². The standard InChI is InChI=1S/C59H40NOP/c1-59(2)55-22-12-11-21-49(55)52-34-54-53-33-50-47-19-9-7-17-45(47)46-18-8-10-20-48(46)51(50)35-57(53)60(58(54)36-56(52)59)41-25-29-42(30-26-41)62(61,43-27-23-37-13-3-5-15-39(37)31-43)44-28-24-38-14-4-6-16-40(38)32-44/h3-36H,1-2H3. The summed E-state index contributed by atoms with van der Waals surface area (Å²) in [5.41, 5.74) is 8.53. The van der Waals surface area contributed by atoms with Crippen LogP contribution in [0.5, 0.6) is 0 Å². The summed E-state index contributed by atoms with van der Waals surface area (Å²) in [6.45, 7) is 4.71. The normalized spacial score (nSPS) is 13.5. The molecule has 0 atom stereocenters. The van der Waals surface area contributed by atoms with Gasteiger partial charge in [-0.1, -0.05) is 159 Å². The minimum absolute atomic E-state index is 0.158. The predicted octanol–water partition coefficient (Wildman–Crippen LogP) is 14.5. The highest BCUT2D eigenvalue weighted by molar-refractivity contribution is 7.85. The quantitative estimate of drug-likeness (QED) is 0.128. The van der Waals surface area contributed by atoms with Gasteiger partial charge < -0.3 is 9.13 Å². The molecule has 1 aromatic heterocycles. The summed E-state index contributed by atoms with van der Waals surface area (Å²) in [4.78, 5) is 0. The Labute approximate surface area is 359 Å². The summed E-state index contributed by atoms with van der Waals surface area (Å²) in [6.07, 6.45) is 0. The first-order chi connectivity index (χ1) is 30.4. The van der Waals surface area contributed by atoms with Crippen LogP contribution in [0.2, 0.25) is 0 Å². The van der Waals surface area contributed by atoms with Gasteiger partial charge in [0.15, 0.2) is 7.14 Å². The van der Waals surface area contributed by atoms with Crippen LogP contribution in [-0.2, 0) is 9.98 Å². The van der Waals surface area contributed by atoms with Crippen molar-refractivity contribution >= 4 is 98.7 Å². The van der Waals surface area contributed by atoms with Crippen molar-refractivity contribution in [3.8, 4) is 16.8 Å². The average molecular weight is 810 g/mol. The number of hydrogen-bond donors (Lipinski definition) is 0. The van der Waals surface area contributed by atoms with E-state index in [0.29, 0.717) is 0 Å². The minimum atomic E-state index is -3.33. The molecule has 0 saturated carbocycles. The summed E-state index contributed by atoms with van der Waals surface area (Å²) >= 11 is 0. The fraction of sp³-hybridized carbons (Fsp3) is 0.0508. The monoisotopic (exact) mass is 809 g/mol. The lowest BCUT2D eigenvalue weighted by atomic mass is 9.82. The number of rotatable bonds is 4. The Morgan fingerprint density at radius 1 is 0.355 bits per heavy atom. The Morgan fingerprint density at radius 3 is 1.44 bits per heavy atom. The minimum Gasteiger partial charge on any atom is -0.309 e. The fourth-order valence-corrected chi connectivity index (χ4v) is 13.6. The first kappa shape index (κ1) is 35.5. The second-order valence-electron chi connectivity index (χ2n) is 17.6. The molecule has 1 aliphatic carbocycles. The SMILES string of the molecule is CC1(C)c2ccccc2-c2cc3c4cc5c6ccccc6c6ccccc6c5cc4n(-c4ccc(P(=O)(c5ccc6ccccc6c5)c5ccc6ccccc6c5)cc4)c3cc21. The number of nitrogens with zero attached hydrogens (tertiary/aromatic N) is 1. The molecule has 292 valence electrons. The van der Waals surface area contributed by atoms with Crippen molar-refractivity contribution in [2.75, 3.05) is 0 Å². The fourth-order valence-electron chi connectivity index (χ4n) is 10.9. The van der Waals surface area contributed by atoms with Gasteiger partial charge in [0.25, 0.3) is 0 Å². The molecule has 3 heteroatoms. The van der Waals surface area contributed by atoms with Crippen molar-refractivity contribution in [2.24, 2.45) is 0 Å². The lowest BCUT2D eigenvalue weighted by molar-refractivity contribution is 0.592. The maximum Gasteiger partial charge on any atom is 0.171 e. The Balaban J connectivity index is 1.09. The number of hydrogen-bond acceptors (Lipinski definition) is 1. The van der Waals surface area contributed by atoms with Crippen LogP contribution in [0.1, 0.15) is 25.0 Å². The van der Waals surface area contributed by atoms with Gasteiger partial charge >= 0.3 is 0 Å². The summed E-state index contributed by atoms with van der Waals surface area (Å²) in [5, 5.41) is 16.9. The molecule has 0 radical (unpaired) electrons. The van der Waals surface area contributed by atoms with Gasteiger partial charge in [-0.3, -0.25) is 0 Å². The Bertz CT molecular complexity index is 3840. The van der Waals surface area contributed by atoms with E-state index in [9.17, 15) is 0 Å². The van der Waals surface area contributed by atoms with Gasteiger partial charge in [0.05, 0.1) is 11.0 Å². The first-order valence-electron chi connectivity index (χ1n) is 21.5. The largest absolute Gasteiger partial charge is 0.309 e. The zero-order valence-electron chi connectivity index (χ0n) is 34.4. The van der Waals surface area contributed by atoms with Gasteiger partial charge in [0.2, 0.25) is 0 Å². The van der Waals surface area contributed by atoms with Crippen molar-refractivity contribution in [3.63, 3.8) is 0 Å². The molecule has 0 saturated heterocycles.